The summed E-state index contributed by atoms with van der Waals surface area (Å²) in [7, 11) is 0. The zero-order chi connectivity index (χ0) is 15.1. The van der Waals surface area contributed by atoms with Crippen molar-refractivity contribution < 1.29 is 14.6 Å². The van der Waals surface area contributed by atoms with Crippen LogP contribution in [0.2, 0.25) is 0 Å². The molecule has 0 spiro atoms. The molecule has 1 aromatic carbocycles. The molecule has 0 aliphatic carbocycles. The molecule has 0 radical (unpaired) electrons. The lowest BCUT2D eigenvalue weighted by molar-refractivity contribution is 0.0169. The van der Waals surface area contributed by atoms with Gasteiger partial charge >= 0.3 is 0 Å². The lowest BCUT2D eigenvalue weighted by Crippen LogP contribution is -2.35. The number of aliphatic hydroxyl groups excluding tert-OH is 1. The first-order chi connectivity index (χ1) is 10.2. The number of ether oxygens (including phenoxy) is 1. The average molecular weight is 287 g/mol. The van der Waals surface area contributed by atoms with Gasteiger partial charge in [0.05, 0.1) is 11.7 Å². The van der Waals surface area contributed by atoms with Crippen LogP contribution in [0.4, 0.5) is 0 Å². The van der Waals surface area contributed by atoms with Gasteiger partial charge in [-0.05, 0) is 38.3 Å². The molecule has 2 N–H and O–H groups in total. The first-order valence-electron chi connectivity index (χ1n) is 7.31. The second-order valence-corrected chi connectivity index (χ2v) is 5.21. The Morgan fingerprint density at radius 1 is 1.48 bits per heavy atom. The molecule has 21 heavy (non-hydrogen) atoms. The summed E-state index contributed by atoms with van der Waals surface area (Å²) in [4.78, 5) is 12.3. The molecule has 4 heteroatoms. The predicted octanol–water partition coefficient (Wildman–Crippen LogP) is 1.64. The Morgan fingerprint density at radius 2 is 2.33 bits per heavy atom. The number of amides is 1. The van der Waals surface area contributed by atoms with E-state index in [-0.39, 0.29) is 18.6 Å². The number of hydrogen-bond donors (Lipinski definition) is 2. The quantitative estimate of drug-likeness (QED) is 0.831. The van der Waals surface area contributed by atoms with Gasteiger partial charge in [-0.15, -0.1) is 0 Å². The van der Waals surface area contributed by atoms with Crippen molar-refractivity contribution in [1.82, 2.24) is 5.32 Å². The summed E-state index contributed by atoms with van der Waals surface area (Å²) in [5.74, 6) is 5.26. The van der Waals surface area contributed by atoms with Crippen molar-refractivity contribution in [3.63, 3.8) is 0 Å². The average Bonchev–Trinajstić information content (AvgIpc) is 2.52. The molecular formula is C17H21NO3. The number of hydrogen-bond acceptors (Lipinski definition) is 3. The van der Waals surface area contributed by atoms with Crippen LogP contribution < -0.4 is 5.32 Å². The van der Waals surface area contributed by atoms with Crippen LogP contribution in [0.25, 0.3) is 0 Å². The number of aliphatic hydroxyl groups is 1. The predicted molar refractivity (Wildman–Crippen MR) is 81.1 cm³/mol. The van der Waals surface area contributed by atoms with Crippen LogP contribution in [0.1, 0.15) is 40.7 Å². The van der Waals surface area contributed by atoms with Crippen molar-refractivity contribution in [3.05, 3.63) is 34.9 Å². The topological polar surface area (TPSA) is 58.6 Å². The van der Waals surface area contributed by atoms with E-state index >= 15 is 0 Å². The van der Waals surface area contributed by atoms with Gasteiger partial charge in [0.2, 0.25) is 0 Å². The lowest BCUT2D eigenvalue weighted by Gasteiger charge is -2.22. The van der Waals surface area contributed by atoms with Gasteiger partial charge in [-0.3, -0.25) is 4.79 Å². The van der Waals surface area contributed by atoms with E-state index in [1.807, 2.05) is 25.1 Å². The number of carbonyl (C=O) groups excluding carboxylic acids is 1. The molecule has 0 saturated carbocycles. The third-order valence-electron chi connectivity index (χ3n) is 3.49. The summed E-state index contributed by atoms with van der Waals surface area (Å²) in [6.07, 6.45) is 3.35. The van der Waals surface area contributed by atoms with E-state index in [1.165, 1.54) is 0 Å². The van der Waals surface area contributed by atoms with E-state index in [9.17, 15) is 4.79 Å². The molecule has 1 atom stereocenters. The molecule has 1 unspecified atom stereocenters. The van der Waals surface area contributed by atoms with Gasteiger partial charge in [-0.1, -0.05) is 23.5 Å². The zero-order valence-electron chi connectivity index (χ0n) is 12.3. The van der Waals surface area contributed by atoms with Crippen LogP contribution in [-0.4, -0.2) is 36.9 Å². The number of carbonyl (C=O) groups is 1. The normalized spacial score (nSPS) is 17.7. The van der Waals surface area contributed by atoms with Crippen molar-refractivity contribution in [1.29, 1.82) is 0 Å². The van der Waals surface area contributed by atoms with E-state index in [1.54, 1.807) is 0 Å². The van der Waals surface area contributed by atoms with Gasteiger partial charge in [0.1, 0.15) is 6.61 Å². The Balaban J connectivity index is 2.04. The van der Waals surface area contributed by atoms with Crippen LogP contribution in [0.5, 0.6) is 0 Å². The Hall–Kier alpha value is -1.83. The first-order valence-corrected chi connectivity index (χ1v) is 7.31. The molecular weight excluding hydrogens is 266 g/mol. The van der Waals surface area contributed by atoms with Gasteiger partial charge in [0, 0.05) is 18.7 Å². The maximum Gasteiger partial charge on any atom is 0.252 e. The number of rotatable bonds is 3. The SMILES string of the molecule is Cc1ccc(C#CCO)c(C(=O)NCC2CCCCO2)c1. The fourth-order valence-corrected chi connectivity index (χ4v) is 2.36. The molecule has 1 amide bonds. The Kier molecular flexibility index (Phi) is 5.79. The summed E-state index contributed by atoms with van der Waals surface area (Å²) in [5, 5.41) is 11.7. The second kappa shape index (κ2) is 7.82. The minimum absolute atomic E-state index is 0.111. The van der Waals surface area contributed by atoms with Crippen molar-refractivity contribution >= 4 is 5.91 Å². The zero-order valence-corrected chi connectivity index (χ0v) is 12.3. The molecule has 0 bridgehead atoms. The summed E-state index contributed by atoms with van der Waals surface area (Å²) in [6, 6.07) is 5.53. The van der Waals surface area contributed by atoms with Crippen molar-refractivity contribution in [2.75, 3.05) is 19.8 Å². The highest BCUT2D eigenvalue weighted by atomic mass is 16.5. The highest BCUT2D eigenvalue weighted by Crippen LogP contribution is 2.13. The largest absolute Gasteiger partial charge is 0.384 e. The lowest BCUT2D eigenvalue weighted by atomic mass is 10.0. The first kappa shape index (κ1) is 15.6. The smallest absolute Gasteiger partial charge is 0.252 e. The fourth-order valence-electron chi connectivity index (χ4n) is 2.36. The molecule has 1 aliphatic heterocycles. The highest BCUT2D eigenvalue weighted by Gasteiger charge is 2.16. The summed E-state index contributed by atoms with van der Waals surface area (Å²) >= 11 is 0. The number of benzene rings is 1. The van der Waals surface area contributed by atoms with E-state index in [4.69, 9.17) is 9.84 Å². The van der Waals surface area contributed by atoms with Crippen LogP contribution in [0.3, 0.4) is 0 Å². The molecule has 1 heterocycles. The maximum atomic E-state index is 12.3. The fraction of sp³-hybridized carbons (Fsp3) is 0.471. The van der Waals surface area contributed by atoms with Crippen molar-refractivity contribution in [2.45, 2.75) is 32.3 Å². The Morgan fingerprint density at radius 3 is 3.05 bits per heavy atom. The number of aryl methyl sites for hydroxylation is 1. The van der Waals surface area contributed by atoms with Crippen molar-refractivity contribution in [3.8, 4) is 11.8 Å². The van der Waals surface area contributed by atoms with Crippen LogP contribution in [0, 0.1) is 18.8 Å². The molecule has 1 fully saturated rings. The van der Waals surface area contributed by atoms with E-state index in [0.717, 1.165) is 31.4 Å². The van der Waals surface area contributed by atoms with Gasteiger partial charge in [0.15, 0.2) is 0 Å². The number of nitrogens with one attached hydrogen (secondary N) is 1. The summed E-state index contributed by atoms with van der Waals surface area (Å²) in [5.41, 5.74) is 2.19. The molecule has 1 aromatic rings. The van der Waals surface area contributed by atoms with E-state index in [0.29, 0.717) is 17.7 Å². The van der Waals surface area contributed by atoms with Gasteiger partial charge in [0.25, 0.3) is 5.91 Å². The van der Waals surface area contributed by atoms with Gasteiger partial charge in [-0.25, -0.2) is 0 Å². The molecule has 2 rings (SSSR count). The Bertz CT molecular complexity index is 551. The van der Waals surface area contributed by atoms with Gasteiger partial charge in [-0.2, -0.15) is 0 Å². The molecule has 1 aliphatic rings. The standard InChI is InChI=1S/C17H21NO3/c1-13-7-8-14(5-4-9-19)16(11-13)17(20)18-12-15-6-2-3-10-21-15/h7-8,11,15,19H,2-3,6,9-10,12H2,1H3,(H,18,20). The minimum Gasteiger partial charge on any atom is -0.384 e. The third kappa shape index (κ3) is 4.59. The molecule has 0 aromatic heterocycles. The van der Waals surface area contributed by atoms with E-state index in [2.05, 4.69) is 17.2 Å². The molecule has 112 valence electrons. The van der Waals surface area contributed by atoms with Crippen LogP contribution in [-0.2, 0) is 4.74 Å². The van der Waals surface area contributed by atoms with E-state index < -0.39 is 0 Å². The highest BCUT2D eigenvalue weighted by molar-refractivity contribution is 5.97. The van der Waals surface area contributed by atoms with Crippen LogP contribution >= 0.6 is 0 Å². The Labute approximate surface area is 125 Å². The second-order valence-electron chi connectivity index (χ2n) is 5.21. The molecule has 1 saturated heterocycles. The monoisotopic (exact) mass is 287 g/mol. The summed E-state index contributed by atoms with van der Waals surface area (Å²) in [6.45, 7) is 3.02. The minimum atomic E-state index is -0.217. The maximum absolute atomic E-state index is 12.3. The molecule has 4 nitrogen and oxygen atoms in total. The van der Waals surface area contributed by atoms with Crippen LogP contribution in [0.15, 0.2) is 18.2 Å². The van der Waals surface area contributed by atoms with Crippen molar-refractivity contribution in [2.24, 2.45) is 0 Å². The van der Waals surface area contributed by atoms with Gasteiger partial charge < -0.3 is 15.2 Å². The third-order valence-corrected chi connectivity index (χ3v) is 3.49. The summed E-state index contributed by atoms with van der Waals surface area (Å²) < 4.78 is 5.61.